The van der Waals surface area contributed by atoms with Crippen LogP contribution in [-0.4, -0.2) is 46.2 Å². The summed E-state index contributed by atoms with van der Waals surface area (Å²) in [5, 5.41) is 9.32. The van der Waals surface area contributed by atoms with Gasteiger partial charge in [-0.1, -0.05) is 11.8 Å². The summed E-state index contributed by atoms with van der Waals surface area (Å²) < 4.78 is 6.48. The number of rotatable bonds is 8. The van der Waals surface area contributed by atoms with Gasteiger partial charge in [0.15, 0.2) is 5.16 Å². The molecule has 1 rings (SSSR count). The van der Waals surface area contributed by atoms with E-state index in [1.807, 2.05) is 6.92 Å². The van der Waals surface area contributed by atoms with Crippen molar-refractivity contribution < 1.29 is 9.53 Å². The van der Waals surface area contributed by atoms with Gasteiger partial charge in [-0.3, -0.25) is 9.36 Å². The summed E-state index contributed by atoms with van der Waals surface area (Å²) in [6.07, 6.45) is 0.721. The molecule has 1 heterocycles. The van der Waals surface area contributed by atoms with Gasteiger partial charge in [-0.2, -0.15) is 0 Å². The van der Waals surface area contributed by atoms with Crippen molar-refractivity contribution in [2.45, 2.75) is 37.2 Å². The lowest BCUT2D eigenvalue weighted by Gasteiger charge is -2.10. The summed E-state index contributed by atoms with van der Waals surface area (Å²) in [5.74, 6) is -0.0635. The van der Waals surface area contributed by atoms with Gasteiger partial charge < -0.3 is 10.1 Å². The van der Waals surface area contributed by atoms with Crippen LogP contribution in [0.25, 0.3) is 0 Å². The van der Waals surface area contributed by atoms with E-state index in [4.69, 9.17) is 4.74 Å². The monoisotopic (exact) mass is 288 g/mol. The van der Waals surface area contributed by atoms with Crippen LogP contribution in [0.15, 0.2) is 9.95 Å². The number of ether oxygens (including phenoxy) is 1. The number of nitrogens with zero attached hydrogens (tertiary/aromatic N) is 2. The van der Waals surface area contributed by atoms with Gasteiger partial charge in [-0.25, -0.2) is 9.89 Å². The molecule has 7 nitrogen and oxygen atoms in total. The standard InChI is InChI=1S/C11H20N4O3S/c1-4-12-9(16)8(2)19-11-14-13-10(17)15(11)6-5-7-18-3/h8H,4-7H2,1-3H3,(H,12,16)(H,13,17)/t8-/m1/s1. The van der Waals surface area contributed by atoms with Crippen molar-refractivity contribution in [3.8, 4) is 0 Å². The van der Waals surface area contributed by atoms with Crippen molar-refractivity contribution in [1.82, 2.24) is 20.1 Å². The average Bonchev–Trinajstić information content (AvgIpc) is 2.72. The van der Waals surface area contributed by atoms with E-state index in [1.165, 1.54) is 16.3 Å². The first kappa shape index (κ1) is 15.8. The molecule has 0 aliphatic rings. The molecular formula is C11H20N4O3S. The Labute approximate surface area is 116 Å². The fourth-order valence-corrected chi connectivity index (χ4v) is 2.39. The van der Waals surface area contributed by atoms with Gasteiger partial charge in [-0.05, 0) is 20.3 Å². The second-order valence-corrected chi connectivity index (χ2v) is 5.27. The third-order valence-electron chi connectivity index (χ3n) is 2.46. The highest BCUT2D eigenvalue weighted by Gasteiger charge is 2.18. The average molecular weight is 288 g/mol. The van der Waals surface area contributed by atoms with Gasteiger partial charge in [0.1, 0.15) is 0 Å². The van der Waals surface area contributed by atoms with Gasteiger partial charge in [0.05, 0.1) is 5.25 Å². The van der Waals surface area contributed by atoms with Crippen LogP contribution < -0.4 is 11.0 Å². The molecule has 19 heavy (non-hydrogen) atoms. The zero-order chi connectivity index (χ0) is 14.3. The third kappa shape index (κ3) is 4.71. The number of aromatic amines is 1. The molecule has 0 spiro atoms. The Morgan fingerprint density at radius 3 is 3.00 bits per heavy atom. The first-order valence-electron chi connectivity index (χ1n) is 6.18. The van der Waals surface area contributed by atoms with E-state index in [0.29, 0.717) is 24.9 Å². The minimum atomic E-state index is -0.295. The molecule has 0 aliphatic heterocycles. The van der Waals surface area contributed by atoms with Gasteiger partial charge >= 0.3 is 5.69 Å². The smallest absolute Gasteiger partial charge is 0.343 e. The van der Waals surface area contributed by atoms with Gasteiger partial charge in [0.2, 0.25) is 5.91 Å². The molecule has 1 aromatic heterocycles. The lowest BCUT2D eigenvalue weighted by atomic mass is 10.4. The van der Waals surface area contributed by atoms with Crippen molar-refractivity contribution in [2.24, 2.45) is 0 Å². The van der Waals surface area contributed by atoms with Crippen LogP contribution in [0.2, 0.25) is 0 Å². The number of carbonyl (C=O) groups excluding carboxylic acids is 1. The van der Waals surface area contributed by atoms with Crippen LogP contribution in [-0.2, 0) is 16.1 Å². The second-order valence-electron chi connectivity index (χ2n) is 3.96. The SMILES string of the molecule is CCNC(=O)[C@@H](C)Sc1n[nH]c(=O)n1CCCOC. The molecule has 108 valence electrons. The Morgan fingerprint density at radius 2 is 2.37 bits per heavy atom. The summed E-state index contributed by atoms with van der Waals surface area (Å²) in [7, 11) is 1.62. The number of thioether (sulfide) groups is 1. The van der Waals surface area contributed by atoms with Crippen molar-refractivity contribution in [2.75, 3.05) is 20.3 Å². The molecule has 0 saturated carbocycles. The van der Waals surface area contributed by atoms with E-state index in [0.717, 1.165) is 6.42 Å². The number of methoxy groups -OCH3 is 1. The molecule has 0 aliphatic carbocycles. The highest BCUT2D eigenvalue weighted by molar-refractivity contribution is 8.00. The van der Waals surface area contributed by atoms with E-state index >= 15 is 0 Å². The lowest BCUT2D eigenvalue weighted by molar-refractivity contribution is -0.120. The largest absolute Gasteiger partial charge is 0.385 e. The quantitative estimate of drug-likeness (QED) is 0.528. The van der Waals surface area contributed by atoms with Crippen molar-refractivity contribution >= 4 is 17.7 Å². The summed E-state index contributed by atoms with van der Waals surface area (Å²) in [6.45, 7) is 5.34. The molecule has 1 atom stereocenters. The van der Waals surface area contributed by atoms with Crippen LogP contribution in [0.4, 0.5) is 0 Å². The van der Waals surface area contributed by atoms with Crippen LogP contribution >= 0.6 is 11.8 Å². The zero-order valence-corrected chi connectivity index (χ0v) is 12.2. The molecule has 1 aromatic rings. The van der Waals surface area contributed by atoms with Gasteiger partial charge in [-0.15, -0.1) is 5.10 Å². The van der Waals surface area contributed by atoms with Crippen LogP contribution in [0.1, 0.15) is 20.3 Å². The maximum absolute atomic E-state index is 11.6. The van der Waals surface area contributed by atoms with Crippen LogP contribution in [0, 0.1) is 0 Å². The number of hydrogen-bond donors (Lipinski definition) is 2. The van der Waals surface area contributed by atoms with Crippen LogP contribution in [0.3, 0.4) is 0 Å². The number of carbonyl (C=O) groups is 1. The fourth-order valence-electron chi connectivity index (χ4n) is 1.49. The highest BCUT2D eigenvalue weighted by Crippen LogP contribution is 2.19. The molecule has 0 bridgehead atoms. The lowest BCUT2D eigenvalue weighted by Crippen LogP contribution is -2.31. The molecule has 8 heteroatoms. The Balaban J connectivity index is 2.67. The maximum Gasteiger partial charge on any atom is 0.343 e. The normalized spacial score (nSPS) is 12.4. The molecule has 0 aromatic carbocycles. The van der Waals surface area contributed by atoms with Gasteiger partial charge in [0, 0.05) is 26.8 Å². The molecular weight excluding hydrogens is 268 g/mol. The molecule has 0 saturated heterocycles. The number of nitrogens with one attached hydrogen (secondary N) is 2. The second kappa shape index (κ2) is 8.00. The maximum atomic E-state index is 11.6. The summed E-state index contributed by atoms with van der Waals surface area (Å²) in [5.41, 5.74) is -0.262. The summed E-state index contributed by atoms with van der Waals surface area (Å²) >= 11 is 1.26. The Hall–Kier alpha value is -1.28. The number of aromatic nitrogens is 3. The van der Waals surface area contributed by atoms with Crippen LogP contribution in [0.5, 0.6) is 0 Å². The number of hydrogen-bond acceptors (Lipinski definition) is 5. The van der Waals surface area contributed by atoms with E-state index in [-0.39, 0.29) is 16.8 Å². The van der Waals surface area contributed by atoms with Crippen molar-refractivity contribution in [3.63, 3.8) is 0 Å². The van der Waals surface area contributed by atoms with Crippen molar-refractivity contribution in [1.29, 1.82) is 0 Å². The highest BCUT2D eigenvalue weighted by atomic mass is 32.2. The molecule has 0 unspecified atom stereocenters. The predicted octanol–water partition coefficient (Wildman–Crippen LogP) is 0.225. The molecule has 2 N–H and O–H groups in total. The van der Waals surface area contributed by atoms with E-state index in [9.17, 15) is 9.59 Å². The fraction of sp³-hybridized carbons (Fsp3) is 0.727. The first-order chi connectivity index (χ1) is 9.10. The Morgan fingerprint density at radius 1 is 1.63 bits per heavy atom. The Kier molecular flexibility index (Phi) is 6.65. The Bertz CT molecular complexity index is 457. The molecule has 1 amide bonds. The van der Waals surface area contributed by atoms with Gasteiger partial charge in [0.25, 0.3) is 0 Å². The number of amides is 1. The minimum Gasteiger partial charge on any atom is -0.385 e. The molecule has 0 radical (unpaired) electrons. The van der Waals surface area contributed by atoms with E-state index in [1.54, 1.807) is 14.0 Å². The molecule has 0 fully saturated rings. The van der Waals surface area contributed by atoms with E-state index in [2.05, 4.69) is 15.5 Å². The predicted molar refractivity (Wildman–Crippen MR) is 73.3 cm³/mol. The number of H-pyrrole nitrogens is 1. The van der Waals surface area contributed by atoms with E-state index < -0.39 is 0 Å². The topological polar surface area (TPSA) is 89.0 Å². The minimum absolute atomic E-state index is 0.0635. The summed E-state index contributed by atoms with van der Waals surface area (Å²) in [6, 6.07) is 0. The zero-order valence-electron chi connectivity index (χ0n) is 11.4. The first-order valence-corrected chi connectivity index (χ1v) is 7.06. The summed E-state index contributed by atoms with van der Waals surface area (Å²) in [4.78, 5) is 23.3. The third-order valence-corrected chi connectivity index (χ3v) is 3.55. The van der Waals surface area contributed by atoms with Crippen molar-refractivity contribution in [3.05, 3.63) is 10.5 Å².